The van der Waals surface area contributed by atoms with Crippen LogP contribution in [0, 0.1) is 0 Å². The number of phosphoric ester groups is 1. The highest BCUT2D eigenvalue weighted by Crippen LogP contribution is 2.38. The number of carbonyl (C=O) groups excluding carboxylic acids is 2. The summed E-state index contributed by atoms with van der Waals surface area (Å²) in [4.78, 5) is 37.8. The van der Waals surface area contributed by atoms with Crippen LogP contribution >= 0.6 is 7.82 Å². The predicted molar refractivity (Wildman–Crippen MR) is 337 cm³/mol. The monoisotopic (exact) mass is 1120 g/mol. The van der Waals surface area contributed by atoms with Crippen molar-refractivity contribution in [3.8, 4) is 0 Å². The van der Waals surface area contributed by atoms with Crippen LogP contribution in [0.25, 0.3) is 0 Å². The summed E-state index contributed by atoms with van der Waals surface area (Å²) in [5.41, 5.74) is 0. The average molecular weight is 1120 g/mol. The van der Waals surface area contributed by atoms with Crippen molar-refractivity contribution in [2.75, 3.05) is 47.5 Å². The highest BCUT2D eigenvalue weighted by Gasteiger charge is 2.22. The average Bonchev–Trinajstić information content (AvgIpc) is 3.41. The van der Waals surface area contributed by atoms with Gasteiger partial charge < -0.3 is 27.9 Å². The number of phosphoric acid groups is 1. The van der Waals surface area contributed by atoms with Gasteiger partial charge in [-0.15, -0.1) is 0 Å². The maximum absolute atomic E-state index is 12.8. The fourth-order valence-corrected chi connectivity index (χ4v) is 8.56. The Morgan fingerprint density at radius 3 is 1.09 bits per heavy atom. The minimum absolute atomic E-state index is 0.0413. The molecule has 0 aliphatic heterocycles. The Hall–Kier alpha value is -4.11. The molecular weight excluding hydrogens is 1000 g/mol. The van der Waals surface area contributed by atoms with Crippen molar-refractivity contribution in [1.29, 1.82) is 0 Å². The van der Waals surface area contributed by atoms with Crippen LogP contribution in [0.3, 0.4) is 0 Å². The third-order valence-electron chi connectivity index (χ3n) is 12.6. The fourth-order valence-electron chi connectivity index (χ4n) is 7.83. The Kier molecular flexibility index (Phi) is 55.5. The van der Waals surface area contributed by atoms with Gasteiger partial charge >= 0.3 is 11.9 Å². The highest BCUT2D eigenvalue weighted by molar-refractivity contribution is 7.45. The second-order valence-corrected chi connectivity index (χ2v) is 22.7. The molecule has 0 aromatic rings. The molecule has 9 nitrogen and oxygen atoms in total. The smallest absolute Gasteiger partial charge is 0.306 e. The van der Waals surface area contributed by atoms with E-state index in [4.69, 9.17) is 18.5 Å². The number of carbonyl (C=O) groups is 2. The van der Waals surface area contributed by atoms with Crippen molar-refractivity contribution >= 4 is 19.8 Å². The summed E-state index contributed by atoms with van der Waals surface area (Å²) in [5, 5.41) is 0. The number of hydrogen-bond donors (Lipinski definition) is 0. The first kappa shape index (κ1) is 74.9. The zero-order valence-corrected chi connectivity index (χ0v) is 51.7. The summed E-state index contributed by atoms with van der Waals surface area (Å²) in [6.45, 7) is 4.07. The Morgan fingerprint density at radius 1 is 0.405 bits per heavy atom. The van der Waals surface area contributed by atoms with Crippen molar-refractivity contribution in [2.24, 2.45) is 0 Å². The lowest BCUT2D eigenvalue weighted by Gasteiger charge is -2.28. The summed E-state index contributed by atoms with van der Waals surface area (Å²) in [6.07, 6.45) is 86.2. The number of unbranched alkanes of at least 4 members (excludes halogenated alkanes) is 17. The van der Waals surface area contributed by atoms with Gasteiger partial charge in [0.05, 0.1) is 27.7 Å². The maximum Gasteiger partial charge on any atom is 0.306 e. The summed E-state index contributed by atoms with van der Waals surface area (Å²) in [6, 6.07) is 0. The Labute approximate surface area is 484 Å². The molecule has 0 saturated carbocycles. The van der Waals surface area contributed by atoms with Gasteiger partial charge in [-0.25, -0.2) is 0 Å². The highest BCUT2D eigenvalue weighted by atomic mass is 31.2. The second kappa shape index (κ2) is 58.5. The molecule has 0 spiro atoms. The normalized spacial score (nSPS) is 14.3. The van der Waals surface area contributed by atoms with E-state index in [2.05, 4.69) is 160 Å². The number of rotatable bonds is 55. The third-order valence-corrected chi connectivity index (χ3v) is 13.6. The van der Waals surface area contributed by atoms with Crippen LogP contribution in [0.15, 0.2) is 146 Å². The van der Waals surface area contributed by atoms with E-state index in [1.807, 2.05) is 21.1 Å². The Bertz CT molecular complexity index is 1840. The Balaban J connectivity index is 4.13. The van der Waals surface area contributed by atoms with E-state index in [9.17, 15) is 19.0 Å². The predicted octanol–water partition coefficient (Wildman–Crippen LogP) is 19.2. The lowest BCUT2D eigenvalue weighted by atomic mass is 10.1. The summed E-state index contributed by atoms with van der Waals surface area (Å²) in [7, 11) is 1.14. The van der Waals surface area contributed by atoms with Crippen LogP contribution in [0.2, 0.25) is 0 Å². The number of ether oxygens (including phenoxy) is 2. The van der Waals surface area contributed by atoms with Gasteiger partial charge in [0, 0.05) is 12.8 Å². The molecular formula is C69H114NO8P. The second-order valence-electron chi connectivity index (χ2n) is 21.3. The molecule has 448 valence electrons. The first-order chi connectivity index (χ1) is 38.5. The molecule has 0 fully saturated rings. The van der Waals surface area contributed by atoms with Gasteiger partial charge in [-0.2, -0.15) is 0 Å². The molecule has 0 radical (unpaired) electrons. The molecule has 0 aliphatic rings. The SMILES string of the molecule is CC/C=C\C/C=C\C/C=C\C/C=C\C/C=C\C/C=C\C/C=C\C/C=C\C/C=C\C/C=C\C/C=C\CCCCCCCCCC(=O)OC(COC(=O)CCCCCCC/C=C\CCCCCCC)COP(=O)([O-])OCC[N+](C)(C)C. The lowest BCUT2D eigenvalue weighted by molar-refractivity contribution is -0.870. The molecule has 79 heavy (non-hydrogen) atoms. The quantitative estimate of drug-likeness (QED) is 0.0195. The number of esters is 2. The standard InChI is InChI=1S/C69H114NO8P/c1-6-8-10-12-14-16-18-20-22-23-24-25-26-27-28-29-30-31-32-33-34-35-36-37-38-39-40-41-42-43-44-45-46-47-48-50-52-54-56-58-60-62-69(72)78-67(66-77-79(73,74)76-64-63-70(3,4)5)65-75-68(71)61-59-57-55-53-51-49-21-19-17-15-13-11-9-7-2/h8,10,14,16,19-22,24-25,27-28,30-31,33-34,36-37,39-40,42-43,45-46,67H,6-7,9,11-13,15,17-18,23,26,29,32,35,38,41,44,47-66H2,1-5H3/b10-8-,16-14-,21-19-,22-20-,25-24-,28-27-,31-30-,34-33-,37-36-,40-39-,43-42-,46-45-. The minimum atomic E-state index is -4.65. The lowest BCUT2D eigenvalue weighted by Crippen LogP contribution is -2.37. The van der Waals surface area contributed by atoms with Gasteiger partial charge in [0.15, 0.2) is 6.10 Å². The number of likely N-dealkylation sites (N-methyl/N-ethyl adjacent to an activating group) is 1. The van der Waals surface area contributed by atoms with E-state index in [1.54, 1.807) is 0 Å². The molecule has 0 aromatic heterocycles. The maximum atomic E-state index is 12.8. The van der Waals surface area contributed by atoms with Crippen molar-refractivity contribution in [3.05, 3.63) is 146 Å². The van der Waals surface area contributed by atoms with Crippen LogP contribution in [0.1, 0.15) is 226 Å². The van der Waals surface area contributed by atoms with E-state index in [0.717, 1.165) is 135 Å². The molecule has 0 N–H and O–H groups in total. The number of allylic oxidation sites excluding steroid dienone is 24. The van der Waals surface area contributed by atoms with E-state index in [-0.39, 0.29) is 26.1 Å². The first-order valence-electron chi connectivity index (χ1n) is 31.0. The molecule has 10 heteroatoms. The van der Waals surface area contributed by atoms with Crippen LogP contribution in [-0.2, 0) is 32.7 Å². The first-order valence-corrected chi connectivity index (χ1v) is 32.5. The Morgan fingerprint density at radius 2 is 0.722 bits per heavy atom. The minimum Gasteiger partial charge on any atom is -0.756 e. The molecule has 0 amide bonds. The van der Waals surface area contributed by atoms with E-state index in [1.165, 1.54) is 51.4 Å². The van der Waals surface area contributed by atoms with Crippen LogP contribution in [-0.4, -0.2) is 70.0 Å². The molecule has 0 heterocycles. The van der Waals surface area contributed by atoms with Crippen molar-refractivity contribution in [1.82, 2.24) is 0 Å². The molecule has 0 bridgehead atoms. The van der Waals surface area contributed by atoms with Crippen LogP contribution < -0.4 is 4.89 Å². The van der Waals surface area contributed by atoms with Gasteiger partial charge in [0.1, 0.15) is 19.8 Å². The third kappa shape index (κ3) is 62.9. The molecule has 0 aliphatic carbocycles. The van der Waals surface area contributed by atoms with E-state index >= 15 is 0 Å². The largest absolute Gasteiger partial charge is 0.756 e. The molecule has 0 saturated heterocycles. The summed E-state index contributed by atoms with van der Waals surface area (Å²) in [5.74, 6) is -0.865. The van der Waals surface area contributed by atoms with Crippen LogP contribution in [0.5, 0.6) is 0 Å². The molecule has 2 unspecified atom stereocenters. The molecule has 2 atom stereocenters. The molecule has 0 rings (SSSR count). The van der Waals surface area contributed by atoms with E-state index < -0.39 is 32.5 Å². The van der Waals surface area contributed by atoms with Crippen LogP contribution in [0.4, 0.5) is 0 Å². The fraction of sp³-hybridized carbons (Fsp3) is 0.623. The number of quaternary nitrogens is 1. The number of nitrogens with zero attached hydrogens (tertiary/aromatic N) is 1. The van der Waals surface area contributed by atoms with Gasteiger partial charge in [-0.3, -0.25) is 14.2 Å². The van der Waals surface area contributed by atoms with Gasteiger partial charge in [0.2, 0.25) is 0 Å². The van der Waals surface area contributed by atoms with Crippen molar-refractivity contribution in [2.45, 2.75) is 232 Å². The topological polar surface area (TPSA) is 111 Å². The number of hydrogen-bond acceptors (Lipinski definition) is 8. The van der Waals surface area contributed by atoms with Crippen molar-refractivity contribution < 1.29 is 42.1 Å². The zero-order valence-electron chi connectivity index (χ0n) is 50.8. The summed E-state index contributed by atoms with van der Waals surface area (Å²) >= 11 is 0. The van der Waals surface area contributed by atoms with Gasteiger partial charge in [-0.05, 0) is 122 Å². The van der Waals surface area contributed by atoms with Gasteiger partial charge in [-0.1, -0.05) is 237 Å². The summed E-state index contributed by atoms with van der Waals surface area (Å²) < 4.78 is 34.1. The van der Waals surface area contributed by atoms with Crippen molar-refractivity contribution in [3.63, 3.8) is 0 Å². The van der Waals surface area contributed by atoms with Gasteiger partial charge in [0.25, 0.3) is 7.82 Å². The van der Waals surface area contributed by atoms with E-state index in [0.29, 0.717) is 23.9 Å². The molecule has 0 aromatic carbocycles. The zero-order chi connectivity index (χ0) is 57.7.